The average molecular weight is 228 g/mol. The van der Waals surface area contributed by atoms with Crippen molar-refractivity contribution < 1.29 is 9.47 Å². The molecule has 0 saturated heterocycles. The monoisotopic (exact) mass is 228 g/mol. The molecular weight excluding hydrogens is 200 g/mol. The molecule has 1 aliphatic rings. The molecule has 1 fully saturated rings. The minimum Gasteiger partial charge on any atom is -0.379 e. The lowest BCUT2D eigenvalue weighted by Gasteiger charge is -2.29. The van der Waals surface area contributed by atoms with E-state index < -0.39 is 0 Å². The van der Waals surface area contributed by atoms with Crippen LogP contribution in [0.5, 0.6) is 0 Å². The predicted molar refractivity (Wildman–Crippen MR) is 67.6 cm³/mol. The number of ether oxygens (including phenoxy) is 2. The highest BCUT2D eigenvalue weighted by Crippen LogP contribution is 2.29. The second kappa shape index (κ2) is 7.29. The van der Waals surface area contributed by atoms with Gasteiger partial charge in [-0.15, -0.1) is 0 Å². The van der Waals surface area contributed by atoms with Gasteiger partial charge in [-0.05, 0) is 65.2 Å². The van der Waals surface area contributed by atoms with Crippen LogP contribution in [-0.2, 0) is 9.47 Å². The zero-order valence-corrected chi connectivity index (χ0v) is 11.4. The van der Waals surface area contributed by atoms with E-state index in [9.17, 15) is 0 Å². The highest BCUT2D eigenvalue weighted by Gasteiger charge is 2.21. The van der Waals surface area contributed by atoms with Crippen LogP contribution in [0, 0.1) is 11.8 Å². The molecule has 0 radical (unpaired) electrons. The van der Waals surface area contributed by atoms with Gasteiger partial charge in [0.15, 0.2) is 0 Å². The molecule has 16 heavy (non-hydrogen) atoms. The van der Waals surface area contributed by atoms with Gasteiger partial charge in [0.05, 0.1) is 12.2 Å². The van der Waals surface area contributed by atoms with Crippen LogP contribution in [-0.4, -0.2) is 25.4 Å². The second-order valence-corrected chi connectivity index (χ2v) is 5.65. The third-order valence-electron chi connectivity index (χ3n) is 3.30. The van der Waals surface area contributed by atoms with Gasteiger partial charge in [-0.2, -0.15) is 0 Å². The number of rotatable bonds is 6. The lowest BCUT2D eigenvalue weighted by molar-refractivity contribution is 0.0129. The maximum atomic E-state index is 5.68. The van der Waals surface area contributed by atoms with Crippen LogP contribution < -0.4 is 0 Å². The third-order valence-corrected chi connectivity index (χ3v) is 3.30. The van der Waals surface area contributed by atoms with E-state index in [1.54, 1.807) is 0 Å². The first-order valence-corrected chi connectivity index (χ1v) is 6.81. The van der Waals surface area contributed by atoms with Crippen molar-refractivity contribution in [2.45, 2.75) is 65.6 Å². The molecule has 0 bridgehead atoms. The Morgan fingerprint density at radius 2 is 1.06 bits per heavy atom. The summed E-state index contributed by atoms with van der Waals surface area (Å²) in [7, 11) is 0. The van der Waals surface area contributed by atoms with Crippen molar-refractivity contribution in [3.8, 4) is 0 Å². The van der Waals surface area contributed by atoms with Gasteiger partial charge in [0.25, 0.3) is 0 Å². The van der Waals surface area contributed by atoms with Gasteiger partial charge in [-0.1, -0.05) is 0 Å². The normalized spacial score (nSPS) is 26.6. The van der Waals surface area contributed by atoms with E-state index in [4.69, 9.17) is 9.47 Å². The van der Waals surface area contributed by atoms with Crippen molar-refractivity contribution in [2.24, 2.45) is 11.8 Å². The van der Waals surface area contributed by atoms with Crippen molar-refractivity contribution in [2.75, 3.05) is 13.2 Å². The fourth-order valence-electron chi connectivity index (χ4n) is 2.22. The van der Waals surface area contributed by atoms with E-state index in [1.165, 1.54) is 25.7 Å². The molecule has 0 spiro atoms. The van der Waals surface area contributed by atoms with E-state index in [0.29, 0.717) is 12.2 Å². The van der Waals surface area contributed by atoms with Crippen molar-refractivity contribution in [1.82, 2.24) is 0 Å². The average Bonchev–Trinajstić information content (AvgIpc) is 2.25. The molecule has 0 atom stereocenters. The molecule has 0 heterocycles. The lowest BCUT2D eigenvalue weighted by Crippen LogP contribution is -2.23. The van der Waals surface area contributed by atoms with Crippen molar-refractivity contribution >= 4 is 0 Å². The highest BCUT2D eigenvalue weighted by atomic mass is 16.5. The SMILES string of the molecule is CC(C)OC[C@H]1CC[C@@H](COC(C)C)CC1. The van der Waals surface area contributed by atoms with Gasteiger partial charge in [0.1, 0.15) is 0 Å². The fraction of sp³-hybridized carbons (Fsp3) is 1.00. The molecule has 0 aromatic rings. The van der Waals surface area contributed by atoms with Gasteiger partial charge in [-0.3, -0.25) is 0 Å². The van der Waals surface area contributed by atoms with Gasteiger partial charge < -0.3 is 9.47 Å². The third kappa shape index (κ3) is 5.86. The lowest BCUT2D eigenvalue weighted by atomic mass is 9.83. The van der Waals surface area contributed by atoms with Crippen LogP contribution >= 0.6 is 0 Å². The van der Waals surface area contributed by atoms with Crippen LogP contribution in [0.15, 0.2) is 0 Å². The first-order valence-electron chi connectivity index (χ1n) is 6.81. The maximum absolute atomic E-state index is 5.68. The fourth-order valence-corrected chi connectivity index (χ4v) is 2.22. The summed E-state index contributed by atoms with van der Waals surface area (Å²) < 4.78 is 11.4. The largest absolute Gasteiger partial charge is 0.379 e. The minimum absolute atomic E-state index is 0.377. The summed E-state index contributed by atoms with van der Waals surface area (Å²) in [5.41, 5.74) is 0. The zero-order valence-electron chi connectivity index (χ0n) is 11.4. The van der Waals surface area contributed by atoms with Crippen molar-refractivity contribution in [3.63, 3.8) is 0 Å². The van der Waals surface area contributed by atoms with Crippen molar-refractivity contribution in [1.29, 1.82) is 0 Å². The van der Waals surface area contributed by atoms with E-state index >= 15 is 0 Å². The molecule has 96 valence electrons. The molecule has 2 nitrogen and oxygen atoms in total. The molecule has 0 aromatic heterocycles. The van der Waals surface area contributed by atoms with E-state index in [2.05, 4.69) is 27.7 Å². The molecule has 0 N–H and O–H groups in total. The molecule has 0 amide bonds. The first-order chi connectivity index (χ1) is 7.58. The highest BCUT2D eigenvalue weighted by molar-refractivity contribution is 4.72. The first kappa shape index (κ1) is 14.0. The Labute approximate surface area is 101 Å². The summed E-state index contributed by atoms with van der Waals surface area (Å²) in [4.78, 5) is 0. The molecule has 1 aliphatic carbocycles. The van der Waals surface area contributed by atoms with Crippen LogP contribution in [0.2, 0.25) is 0 Å². The Balaban J connectivity index is 2.09. The van der Waals surface area contributed by atoms with Crippen molar-refractivity contribution in [3.05, 3.63) is 0 Å². The molecule has 1 saturated carbocycles. The summed E-state index contributed by atoms with van der Waals surface area (Å²) in [5, 5.41) is 0. The second-order valence-electron chi connectivity index (χ2n) is 5.65. The summed E-state index contributed by atoms with van der Waals surface area (Å²) in [5.74, 6) is 1.58. The molecule has 0 aromatic carbocycles. The maximum Gasteiger partial charge on any atom is 0.0519 e. The zero-order chi connectivity index (χ0) is 12.0. The Morgan fingerprint density at radius 3 is 1.31 bits per heavy atom. The summed E-state index contributed by atoms with van der Waals surface area (Å²) in [6, 6.07) is 0. The number of hydrogen-bond acceptors (Lipinski definition) is 2. The van der Waals surface area contributed by atoms with Crippen LogP contribution in [0.4, 0.5) is 0 Å². The predicted octanol–water partition coefficient (Wildman–Crippen LogP) is 3.64. The molecule has 0 unspecified atom stereocenters. The van der Waals surface area contributed by atoms with E-state index in [-0.39, 0.29) is 0 Å². The van der Waals surface area contributed by atoms with Gasteiger partial charge in [0, 0.05) is 13.2 Å². The van der Waals surface area contributed by atoms with Gasteiger partial charge >= 0.3 is 0 Å². The minimum atomic E-state index is 0.377. The molecule has 2 heteroatoms. The Bertz CT molecular complexity index is 150. The van der Waals surface area contributed by atoms with E-state index in [1.807, 2.05) is 0 Å². The summed E-state index contributed by atoms with van der Waals surface area (Å²) >= 11 is 0. The van der Waals surface area contributed by atoms with Crippen LogP contribution in [0.25, 0.3) is 0 Å². The number of hydrogen-bond donors (Lipinski definition) is 0. The molecule has 1 rings (SSSR count). The quantitative estimate of drug-likeness (QED) is 0.691. The van der Waals surface area contributed by atoms with Crippen LogP contribution in [0.1, 0.15) is 53.4 Å². The van der Waals surface area contributed by atoms with Gasteiger partial charge in [0.2, 0.25) is 0 Å². The Kier molecular flexibility index (Phi) is 6.37. The molecular formula is C14H28O2. The molecule has 0 aliphatic heterocycles. The van der Waals surface area contributed by atoms with Crippen LogP contribution in [0.3, 0.4) is 0 Å². The van der Waals surface area contributed by atoms with E-state index in [0.717, 1.165) is 25.0 Å². The Hall–Kier alpha value is -0.0800. The van der Waals surface area contributed by atoms with Gasteiger partial charge in [-0.25, -0.2) is 0 Å². The standard InChI is InChI=1S/C14H28O2/c1-11(2)15-9-13-5-7-14(8-6-13)10-16-12(3)4/h11-14H,5-10H2,1-4H3/t13-,14+. The topological polar surface area (TPSA) is 18.5 Å². The summed E-state index contributed by atoms with van der Waals surface area (Å²) in [6.07, 6.45) is 6.03. The Morgan fingerprint density at radius 1 is 0.750 bits per heavy atom. The summed E-state index contributed by atoms with van der Waals surface area (Å²) in [6.45, 7) is 10.4. The smallest absolute Gasteiger partial charge is 0.0519 e.